The normalized spacial score (nSPS) is 10.7. The van der Waals surface area contributed by atoms with Crippen molar-refractivity contribution in [3.8, 4) is 5.75 Å². The van der Waals surface area contributed by atoms with Gasteiger partial charge in [-0.3, -0.25) is 4.79 Å². The number of hydrogen-bond acceptors (Lipinski definition) is 2. The maximum Gasteiger partial charge on any atom is 0.224 e. The Labute approximate surface area is 152 Å². The van der Waals surface area contributed by atoms with Gasteiger partial charge >= 0.3 is 0 Å². The number of halogens is 1. The van der Waals surface area contributed by atoms with Crippen LogP contribution in [0, 0.1) is 5.82 Å². The van der Waals surface area contributed by atoms with Crippen LogP contribution in [0.4, 0.5) is 4.39 Å². The number of benzene rings is 3. The molecular weight excluding hydrogens is 329 g/mol. The third kappa shape index (κ3) is 5.06. The molecule has 3 rings (SSSR count). The third-order valence-corrected chi connectivity index (χ3v) is 4.21. The van der Waals surface area contributed by atoms with Gasteiger partial charge in [0.05, 0.1) is 13.0 Å². The van der Waals surface area contributed by atoms with Crippen LogP contribution in [-0.2, 0) is 11.2 Å². The second kappa shape index (κ2) is 8.99. The van der Waals surface area contributed by atoms with Crippen LogP contribution in [0.25, 0.3) is 10.8 Å². The number of nitrogens with one attached hydrogen (secondary N) is 1. The van der Waals surface area contributed by atoms with Crippen molar-refractivity contribution in [2.45, 2.75) is 19.3 Å². The highest BCUT2D eigenvalue weighted by atomic mass is 19.1. The fraction of sp³-hybridized carbons (Fsp3) is 0.227. The summed E-state index contributed by atoms with van der Waals surface area (Å²) in [5, 5.41) is 5.23. The van der Waals surface area contributed by atoms with Gasteiger partial charge in [0.2, 0.25) is 5.91 Å². The molecule has 0 aromatic heterocycles. The summed E-state index contributed by atoms with van der Waals surface area (Å²) in [5.74, 6) is 0.415. The van der Waals surface area contributed by atoms with Crippen LogP contribution in [0.1, 0.15) is 18.4 Å². The Bertz CT molecular complexity index is 856. The number of carbonyl (C=O) groups excluding carboxylic acids is 1. The Kier molecular flexibility index (Phi) is 6.20. The van der Waals surface area contributed by atoms with Gasteiger partial charge in [0, 0.05) is 6.54 Å². The summed E-state index contributed by atoms with van der Waals surface area (Å²) in [7, 11) is 0. The summed E-state index contributed by atoms with van der Waals surface area (Å²) in [5.41, 5.74) is 1.04. The quantitative estimate of drug-likeness (QED) is 0.607. The molecule has 0 spiro atoms. The van der Waals surface area contributed by atoms with E-state index in [0.29, 0.717) is 25.3 Å². The molecule has 0 fully saturated rings. The van der Waals surface area contributed by atoms with E-state index in [1.807, 2.05) is 30.3 Å². The van der Waals surface area contributed by atoms with E-state index in [-0.39, 0.29) is 11.7 Å². The highest BCUT2D eigenvalue weighted by Crippen LogP contribution is 2.18. The summed E-state index contributed by atoms with van der Waals surface area (Å²) < 4.78 is 18.3. The van der Waals surface area contributed by atoms with Crippen molar-refractivity contribution < 1.29 is 13.9 Å². The van der Waals surface area contributed by atoms with Crippen LogP contribution >= 0.6 is 0 Å². The number of fused-ring (bicyclic) bond motifs is 1. The Morgan fingerprint density at radius 2 is 1.69 bits per heavy atom. The van der Waals surface area contributed by atoms with Gasteiger partial charge < -0.3 is 10.1 Å². The highest BCUT2D eigenvalue weighted by Gasteiger charge is 2.06. The van der Waals surface area contributed by atoms with Crippen LogP contribution in [0.15, 0.2) is 66.7 Å². The molecule has 0 radical (unpaired) electrons. The van der Waals surface area contributed by atoms with Gasteiger partial charge in [-0.05, 0) is 53.4 Å². The van der Waals surface area contributed by atoms with Crippen LogP contribution in [0.2, 0.25) is 0 Å². The molecule has 0 aliphatic heterocycles. The van der Waals surface area contributed by atoms with Gasteiger partial charge in [0.25, 0.3) is 0 Å². The molecule has 0 aliphatic rings. The molecule has 0 unspecified atom stereocenters. The lowest BCUT2D eigenvalue weighted by atomic mass is 10.0. The summed E-state index contributed by atoms with van der Waals surface area (Å²) in [6, 6.07) is 20.1. The summed E-state index contributed by atoms with van der Waals surface area (Å²) >= 11 is 0. The SMILES string of the molecule is O=C(Cc1cccc2ccccc12)NCCCCOc1ccc(F)cc1. The first-order valence-corrected chi connectivity index (χ1v) is 8.84. The van der Waals surface area contributed by atoms with E-state index in [1.54, 1.807) is 12.1 Å². The van der Waals surface area contributed by atoms with Crippen molar-refractivity contribution in [1.82, 2.24) is 5.32 Å². The van der Waals surface area contributed by atoms with E-state index < -0.39 is 0 Å². The van der Waals surface area contributed by atoms with Crippen LogP contribution in [-0.4, -0.2) is 19.1 Å². The minimum atomic E-state index is -0.272. The summed E-state index contributed by atoms with van der Waals surface area (Å²) in [4.78, 5) is 12.2. The molecule has 3 aromatic rings. The minimum absolute atomic E-state index is 0.0285. The van der Waals surface area contributed by atoms with Crippen molar-refractivity contribution in [3.63, 3.8) is 0 Å². The zero-order valence-electron chi connectivity index (χ0n) is 14.6. The molecule has 0 heterocycles. The molecule has 0 saturated heterocycles. The lowest BCUT2D eigenvalue weighted by Crippen LogP contribution is -2.26. The number of unbranched alkanes of at least 4 members (excludes halogenated alkanes) is 1. The zero-order valence-corrected chi connectivity index (χ0v) is 14.6. The lowest BCUT2D eigenvalue weighted by Gasteiger charge is -2.09. The molecule has 26 heavy (non-hydrogen) atoms. The highest BCUT2D eigenvalue weighted by molar-refractivity contribution is 5.90. The predicted molar refractivity (Wildman–Crippen MR) is 102 cm³/mol. The van der Waals surface area contributed by atoms with Crippen LogP contribution < -0.4 is 10.1 Å². The number of carbonyl (C=O) groups is 1. The summed E-state index contributed by atoms with van der Waals surface area (Å²) in [6.07, 6.45) is 2.04. The molecule has 0 saturated carbocycles. The van der Waals surface area contributed by atoms with Crippen molar-refractivity contribution >= 4 is 16.7 Å². The van der Waals surface area contributed by atoms with Gasteiger partial charge in [-0.1, -0.05) is 42.5 Å². The molecule has 1 amide bonds. The second-order valence-corrected chi connectivity index (χ2v) is 6.17. The minimum Gasteiger partial charge on any atom is -0.494 e. The molecule has 0 aliphatic carbocycles. The Balaban J connectivity index is 1.37. The van der Waals surface area contributed by atoms with E-state index in [1.165, 1.54) is 12.1 Å². The van der Waals surface area contributed by atoms with Crippen molar-refractivity contribution in [2.24, 2.45) is 0 Å². The molecule has 0 bridgehead atoms. The van der Waals surface area contributed by atoms with Crippen molar-refractivity contribution in [3.05, 3.63) is 78.1 Å². The van der Waals surface area contributed by atoms with Gasteiger partial charge in [0.1, 0.15) is 11.6 Å². The number of ether oxygens (including phenoxy) is 1. The molecule has 1 N–H and O–H groups in total. The molecule has 134 valence electrons. The fourth-order valence-corrected chi connectivity index (χ4v) is 2.86. The Hall–Kier alpha value is -2.88. The maximum absolute atomic E-state index is 12.8. The van der Waals surface area contributed by atoms with Crippen LogP contribution in [0.3, 0.4) is 0 Å². The Morgan fingerprint density at radius 3 is 2.54 bits per heavy atom. The topological polar surface area (TPSA) is 38.3 Å². The largest absolute Gasteiger partial charge is 0.494 e. The first-order chi connectivity index (χ1) is 12.7. The number of amides is 1. The van der Waals surface area contributed by atoms with E-state index in [2.05, 4.69) is 17.4 Å². The van der Waals surface area contributed by atoms with Gasteiger partial charge in [-0.25, -0.2) is 4.39 Å². The van der Waals surface area contributed by atoms with Gasteiger partial charge in [-0.2, -0.15) is 0 Å². The standard InChI is InChI=1S/C22H22FNO2/c23-19-10-12-20(13-11-19)26-15-4-3-14-24-22(25)16-18-8-5-7-17-6-1-2-9-21(17)18/h1-2,5-13H,3-4,14-16H2,(H,24,25). The average Bonchev–Trinajstić information content (AvgIpc) is 2.66. The molecule has 0 atom stereocenters. The monoisotopic (exact) mass is 351 g/mol. The maximum atomic E-state index is 12.8. The zero-order chi connectivity index (χ0) is 18.2. The summed E-state index contributed by atoms with van der Waals surface area (Å²) in [6.45, 7) is 1.17. The predicted octanol–water partition coefficient (Wildman–Crippen LogP) is 4.50. The van der Waals surface area contributed by atoms with Crippen LogP contribution in [0.5, 0.6) is 5.75 Å². The second-order valence-electron chi connectivity index (χ2n) is 6.17. The molecule has 4 heteroatoms. The van der Waals surface area contributed by atoms with Gasteiger partial charge in [0.15, 0.2) is 0 Å². The number of hydrogen-bond donors (Lipinski definition) is 1. The Morgan fingerprint density at radius 1 is 0.923 bits per heavy atom. The van der Waals surface area contributed by atoms with Crippen molar-refractivity contribution in [2.75, 3.05) is 13.2 Å². The van der Waals surface area contributed by atoms with E-state index in [0.717, 1.165) is 29.2 Å². The smallest absolute Gasteiger partial charge is 0.224 e. The van der Waals surface area contributed by atoms with E-state index in [9.17, 15) is 9.18 Å². The third-order valence-electron chi connectivity index (χ3n) is 4.21. The van der Waals surface area contributed by atoms with Gasteiger partial charge in [-0.15, -0.1) is 0 Å². The fourth-order valence-electron chi connectivity index (χ4n) is 2.86. The van der Waals surface area contributed by atoms with E-state index >= 15 is 0 Å². The van der Waals surface area contributed by atoms with E-state index in [4.69, 9.17) is 4.74 Å². The molecular formula is C22H22FNO2. The molecule has 3 nitrogen and oxygen atoms in total. The first kappa shape index (κ1) is 17.9. The van der Waals surface area contributed by atoms with Crippen molar-refractivity contribution in [1.29, 1.82) is 0 Å². The lowest BCUT2D eigenvalue weighted by molar-refractivity contribution is -0.120. The average molecular weight is 351 g/mol. The number of rotatable bonds is 8. The first-order valence-electron chi connectivity index (χ1n) is 8.84. The molecule has 3 aromatic carbocycles.